The summed E-state index contributed by atoms with van der Waals surface area (Å²) >= 11 is 0. The Morgan fingerprint density at radius 3 is 2.45 bits per heavy atom. The van der Waals surface area contributed by atoms with E-state index in [0.717, 1.165) is 16.7 Å². The van der Waals surface area contributed by atoms with E-state index in [4.69, 9.17) is 5.73 Å². The molecule has 0 bridgehead atoms. The number of hydrogen-bond acceptors (Lipinski definition) is 3. The van der Waals surface area contributed by atoms with E-state index in [1.165, 1.54) is 0 Å². The molecule has 0 fully saturated rings. The van der Waals surface area contributed by atoms with Gasteiger partial charge in [-0.25, -0.2) is 0 Å². The Hall–Kier alpha value is -2.40. The molecule has 1 aromatic carbocycles. The summed E-state index contributed by atoms with van der Waals surface area (Å²) in [6, 6.07) is 10.6. The van der Waals surface area contributed by atoms with Gasteiger partial charge in [0.2, 0.25) is 11.5 Å². The number of H-pyrrole nitrogens is 1. The Morgan fingerprint density at radius 1 is 1.18 bits per heavy atom. The van der Waals surface area contributed by atoms with Gasteiger partial charge >= 0.3 is 0 Å². The number of nitrogens with two attached hydrogens (primary N) is 1. The molecule has 2 aromatic rings. The van der Waals surface area contributed by atoms with Gasteiger partial charge in [-0.1, -0.05) is 24.3 Å². The molecule has 5 heteroatoms. The van der Waals surface area contributed by atoms with Crippen molar-refractivity contribution in [1.29, 1.82) is 0 Å². The van der Waals surface area contributed by atoms with Crippen LogP contribution in [0.15, 0.2) is 47.4 Å². The Kier molecular flexibility index (Phi) is 5.12. The summed E-state index contributed by atoms with van der Waals surface area (Å²) in [7, 11) is 0. The lowest BCUT2D eigenvalue weighted by atomic mass is 10.0. The van der Waals surface area contributed by atoms with Crippen LogP contribution in [0.25, 0.3) is 11.1 Å². The van der Waals surface area contributed by atoms with E-state index in [-0.39, 0.29) is 17.5 Å². The molecular weight excluding hydrogens is 278 g/mol. The number of carbonyl (C=O) groups excluding carboxylic acids is 1. The zero-order chi connectivity index (χ0) is 16.1. The monoisotopic (exact) mass is 299 g/mol. The maximum atomic E-state index is 11.8. The summed E-state index contributed by atoms with van der Waals surface area (Å²) in [5.41, 5.74) is 8.58. The zero-order valence-electron chi connectivity index (χ0n) is 12.8. The largest absolute Gasteiger partial charge is 0.353 e. The van der Waals surface area contributed by atoms with Gasteiger partial charge in [-0.2, -0.15) is 0 Å². The summed E-state index contributed by atoms with van der Waals surface area (Å²) in [4.78, 5) is 25.7. The maximum absolute atomic E-state index is 11.8. The third-order valence-corrected chi connectivity index (χ3v) is 3.29. The predicted molar refractivity (Wildman–Crippen MR) is 87.5 cm³/mol. The van der Waals surface area contributed by atoms with Crippen LogP contribution in [0.5, 0.6) is 0 Å². The number of aromatic amines is 1. The molecule has 1 amide bonds. The molecule has 0 aliphatic rings. The minimum atomic E-state index is -0.562. The van der Waals surface area contributed by atoms with Gasteiger partial charge in [0.05, 0.1) is 6.04 Å². The first kappa shape index (κ1) is 16.0. The average Bonchev–Trinajstić information content (AvgIpc) is 2.47. The lowest BCUT2D eigenvalue weighted by Crippen LogP contribution is -2.44. The summed E-state index contributed by atoms with van der Waals surface area (Å²) in [6.07, 6.45) is 2.10. The summed E-state index contributed by atoms with van der Waals surface area (Å²) in [5.74, 6) is -0.145. The van der Waals surface area contributed by atoms with E-state index in [0.29, 0.717) is 6.42 Å². The molecule has 0 saturated heterocycles. The van der Waals surface area contributed by atoms with E-state index in [1.54, 1.807) is 12.3 Å². The molecule has 22 heavy (non-hydrogen) atoms. The highest BCUT2D eigenvalue weighted by Crippen LogP contribution is 2.18. The van der Waals surface area contributed by atoms with E-state index >= 15 is 0 Å². The third kappa shape index (κ3) is 4.30. The molecule has 5 nitrogen and oxygen atoms in total. The highest BCUT2D eigenvalue weighted by Gasteiger charge is 2.14. The van der Waals surface area contributed by atoms with Crippen molar-refractivity contribution in [2.45, 2.75) is 32.4 Å². The van der Waals surface area contributed by atoms with Gasteiger partial charge in [-0.15, -0.1) is 0 Å². The van der Waals surface area contributed by atoms with Gasteiger partial charge < -0.3 is 16.0 Å². The fourth-order valence-corrected chi connectivity index (χ4v) is 2.20. The Labute approximate surface area is 129 Å². The van der Waals surface area contributed by atoms with Gasteiger partial charge in [0, 0.05) is 18.3 Å². The fraction of sp³-hybridized carbons (Fsp3) is 0.294. The summed E-state index contributed by atoms with van der Waals surface area (Å²) < 4.78 is 0. The SMILES string of the molecule is CC(C)NC(=O)C(N)Cc1ccc(-c2cc[nH]c(=O)c2)cc1. The number of rotatable bonds is 5. The van der Waals surface area contributed by atoms with Gasteiger partial charge in [-0.05, 0) is 43.0 Å². The lowest BCUT2D eigenvalue weighted by molar-refractivity contribution is -0.122. The van der Waals surface area contributed by atoms with Crippen LogP contribution in [0.4, 0.5) is 0 Å². The topological polar surface area (TPSA) is 88.0 Å². The van der Waals surface area contributed by atoms with Crippen molar-refractivity contribution < 1.29 is 4.79 Å². The van der Waals surface area contributed by atoms with Crippen LogP contribution >= 0.6 is 0 Å². The van der Waals surface area contributed by atoms with Crippen LogP contribution in [-0.2, 0) is 11.2 Å². The van der Waals surface area contributed by atoms with Crippen molar-refractivity contribution in [2.75, 3.05) is 0 Å². The molecule has 4 N–H and O–H groups in total. The van der Waals surface area contributed by atoms with Crippen molar-refractivity contribution >= 4 is 5.91 Å². The van der Waals surface area contributed by atoms with E-state index < -0.39 is 6.04 Å². The van der Waals surface area contributed by atoms with Gasteiger partial charge in [-0.3, -0.25) is 9.59 Å². The van der Waals surface area contributed by atoms with Crippen LogP contribution in [0, 0.1) is 0 Å². The standard InChI is InChI=1S/C17H21N3O2/c1-11(2)20-17(22)15(18)9-12-3-5-13(6-4-12)14-7-8-19-16(21)10-14/h3-8,10-11,15H,9,18H2,1-2H3,(H,19,21)(H,20,22). The molecule has 1 atom stereocenters. The quantitative estimate of drug-likeness (QED) is 0.780. The van der Waals surface area contributed by atoms with Crippen LogP contribution in [-0.4, -0.2) is 23.0 Å². The van der Waals surface area contributed by atoms with Crippen molar-refractivity contribution in [2.24, 2.45) is 5.73 Å². The molecule has 0 aliphatic carbocycles. The molecule has 1 aromatic heterocycles. The molecule has 1 heterocycles. The number of carbonyl (C=O) groups is 1. The summed E-state index contributed by atoms with van der Waals surface area (Å²) in [5, 5.41) is 2.80. The van der Waals surface area contributed by atoms with E-state index in [9.17, 15) is 9.59 Å². The molecular formula is C17H21N3O2. The average molecular weight is 299 g/mol. The fourth-order valence-electron chi connectivity index (χ4n) is 2.20. The normalized spacial score (nSPS) is 12.2. The van der Waals surface area contributed by atoms with Crippen molar-refractivity contribution in [3.63, 3.8) is 0 Å². The van der Waals surface area contributed by atoms with Gasteiger partial charge in [0.25, 0.3) is 0 Å². The second-order valence-corrected chi connectivity index (χ2v) is 5.61. The Morgan fingerprint density at radius 2 is 1.86 bits per heavy atom. The van der Waals surface area contributed by atoms with Crippen LogP contribution in [0.3, 0.4) is 0 Å². The number of nitrogens with one attached hydrogen (secondary N) is 2. The van der Waals surface area contributed by atoms with Crippen molar-refractivity contribution in [1.82, 2.24) is 10.3 Å². The van der Waals surface area contributed by atoms with Crippen LogP contribution in [0.2, 0.25) is 0 Å². The number of hydrogen-bond donors (Lipinski definition) is 3. The number of aromatic nitrogens is 1. The lowest BCUT2D eigenvalue weighted by Gasteiger charge is -2.14. The second-order valence-electron chi connectivity index (χ2n) is 5.61. The molecule has 0 radical (unpaired) electrons. The van der Waals surface area contributed by atoms with Crippen LogP contribution < -0.4 is 16.6 Å². The Balaban J connectivity index is 2.06. The number of pyridine rings is 1. The first-order chi connectivity index (χ1) is 10.5. The molecule has 116 valence electrons. The first-order valence-corrected chi connectivity index (χ1v) is 7.29. The molecule has 0 spiro atoms. The van der Waals surface area contributed by atoms with E-state index in [1.807, 2.05) is 44.2 Å². The van der Waals surface area contributed by atoms with E-state index in [2.05, 4.69) is 10.3 Å². The van der Waals surface area contributed by atoms with Gasteiger partial charge in [0.1, 0.15) is 0 Å². The third-order valence-electron chi connectivity index (χ3n) is 3.29. The zero-order valence-corrected chi connectivity index (χ0v) is 12.8. The molecule has 2 rings (SSSR count). The molecule has 1 unspecified atom stereocenters. The highest BCUT2D eigenvalue weighted by atomic mass is 16.2. The first-order valence-electron chi connectivity index (χ1n) is 7.29. The summed E-state index contributed by atoms with van der Waals surface area (Å²) in [6.45, 7) is 3.81. The number of amides is 1. The minimum Gasteiger partial charge on any atom is -0.353 e. The van der Waals surface area contributed by atoms with Crippen molar-refractivity contribution in [3.8, 4) is 11.1 Å². The number of benzene rings is 1. The molecule has 0 aliphatic heterocycles. The predicted octanol–water partition coefficient (Wildman–Crippen LogP) is 1.44. The smallest absolute Gasteiger partial charge is 0.248 e. The molecule has 0 saturated carbocycles. The Bertz CT molecular complexity index is 690. The van der Waals surface area contributed by atoms with Crippen molar-refractivity contribution in [3.05, 3.63) is 58.5 Å². The van der Waals surface area contributed by atoms with Crippen LogP contribution in [0.1, 0.15) is 19.4 Å². The maximum Gasteiger partial charge on any atom is 0.248 e. The van der Waals surface area contributed by atoms with Gasteiger partial charge in [0.15, 0.2) is 0 Å². The highest BCUT2D eigenvalue weighted by molar-refractivity contribution is 5.82. The second kappa shape index (κ2) is 7.04. The minimum absolute atomic E-state index is 0.0806.